The molecule has 1 fully saturated rings. The zero-order chi connectivity index (χ0) is 18.2. The first-order chi connectivity index (χ1) is 12.0. The van der Waals surface area contributed by atoms with Gasteiger partial charge in [-0.15, -0.1) is 0 Å². The number of piperidine rings is 1. The summed E-state index contributed by atoms with van der Waals surface area (Å²) >= 11 is 5.92. The van der Waals surface area contributed by atoms with Crippen molar-refractivity contribution in [1.29, 1.82) is 0 Å². The summed E-state index contributed by atoms with van der Waals surface area (Å²) in [6.45, 7) is 3.08. The third-order valence-corrected chi connectivity index (χ3v) is 4.22. The fourth-order valence-electron chi connectivity index (χ4n) is 2.61. The summed E-state index contributed by atoms with van der Waals surface area (Å²) < 4.78 is 4.95. The molecule has 0 spiro atoms. The quantitative estimate of drug-likeness (QED) is 0.769. The Morgan fingerprint density at radius 1 is 1.24 bits per heavy atom. The van der Waals surface area contributed by atoms with Gasteiger partial charge >= 0.3 is 0 Å². The molecular formula is C17H22ClN3O4. The Morgan fingerprint density at radius 3 is 2.60 bits per heavy atom. The Bertz CT molecular complexity index is 630. The number of carbonyl (C=O) groups is 3. The van der Waals surface area contributed by atoms with E-state index in [1.807, 2.05) is 0 Å². The van der Waals surface area contributed by atoms with Crippen molar-refractivity contribution >= 4 is 29.3 Å². The lowest BCUT2D eigenvalue weighted by Gasteiger charge is -2.31. The molecule has 0 aliphatic carbocycles. The van der Waals surface area contributed by atoms with Crippen molar-refractivity contribution in [2.24, 2.45) is 5.92 Å². The van der Waals surface area contributed by atoms with Crippen molar-refractivity contribution in [2.45, 2.75) is 19.8 Å². The second-order valence-electron chi connectivity index (χ2n) is 5.75. The molecular weight excluding hydrogens is 346 g/mol. The number of carbonyl (C=O) groups excluding carboxylic acids is 3. The third-order valence-electron chi connectivity index (χ3n) is 3.99. The number of benzene rings is 1. The molecule has 0 aromatic heterocycles. The van der Waals surface area contributed by atoms with Crippen LogP contribution in [0.2, 0.25) is 5.02 Å². The lowest BCUT2D eigenvalue weighted by atomic mass is 9.95. The number of nitrogens with zero attached hydrogens (tertiary/aromatic N) is 1. The van der Waals surface area contributed by atoms with Gasteiger partial charge in [-0.05, 0) is 38.0 Å². The number of likely N-dealkylation sites (tertiary alicyclic amines) is 1. The molecule has 1 aliphatic heterocycles. The molecule has 0 bridgehead atoms. The Morgan fingerprint density at radius 2 is 1.96 bits per heavy atom. The number of rotatable bonds is 5. The van der Waals surface area contributed by atoms with Gasteiger partial charge in [-0.3, -0.25) is 25.2 Å². The summed E-state index contributed by atoms with van der Waals surface area (Å²) in [5.74, 6) is -0.981. The summed E-state index contributed by atoms with van der Waals surface area (Å²) in [5, 5.41) is 0.517. The van der Waals surface area contributed by atoms with Gasteiger partial charge in [-0.25, -0.2) is 0 Å². The van der Waals surface area contributed by atoms with Gasteiger partial charge in [0.15, 0.2) is 0 Å². The highest BCUT2D eigenvalue weighted by molar-refractivity contribution is 6.30. The third kappa shape index (κ3) is 5.72. The van der Waals surface area contributed by atoms with Crippen LogP contribution in [-0.2, 0) is 14.3 Å². The van der Waals surface area contributed by atoms with Gasteiger partial charge in [-0.1, -0.05) is 17.7 Å². The molecule has 1 heterocycles. The minimum absolute atomic E-state index is 0.0913. The minimum Gasteiger partial charge on any atom is -0.372 e. The number of amides is 3. The second-order valence-corrected chi connectivity index (χ2v) is 6.19. The standard InChI is InChI=1S/C17H22ClN3O4/c1-2-25-11-15(22)19-20-16(23)12-6-8-21(9-7-12)17(24)13-4-3-5-14(18)10-13/h3-5,10,12H,2,6-9,11H2,1H3,(H,19,22)(H,20,23). The van der Waals surface area contributed by atoms with Crippen LogP contribution in [-0.4, -0.2) is 48.9 Å². The van der Waals surface area contributed by atoms with Gasteiger partial charge in [0.1, 0.15) is 6.61 Å². The molecule has 7 nitrogen and oxygen atoms in total. The molecule has 136 valence electrons. The van der Waals surface area contributed by atoms with Gasteiger partial charge in [0.2, 0.25) is 5.91 Å². The number of halogens is 1. The zero-order valence-corrected chi connectivity index (χ0v) is 14.8. The molecule has 1 aromatic carbocycles. The molecule has 8 heteroatoms. The van der Waals surface area contributed by atoms with Gasteiger partial charge in [0.25, 0.3) is 11.8 Å². The first kappa shape index (κ1) is 19.2. The maximum atomic E-state index is 12.4. The highest BCUT2D eigenvalue weighted by atomic mass is 35.5. The molecule has 1 aliphatic rings. The molecule has 0 saturated carbocycles. The molecule has 2 rings (SSSR count). The highest BCUT2D eigenvalue weighted by Crippen LogP contribution is 2.20. The fraction of sp³-hybridized carbons (Fsp3) is 0.471. The lowest BCUT2D eigenvalue weighted by molar-refractivity contribution is -0.134. The van der Waals surface area contributed by atoms with Crippen LogP contribution in [0.15, 0.2) is 24.3 Å². The average molecular weight is 368 g/mol. The van der Waals surface area contributed by atoms with E-state index in [1.165, 1.54) is 0 Å². The van der Waals surface area contributed by atoms with E-state index in [0.29, 0.717) is 43.1 Å². The molecule has 1 saturated heterocycles. The van der Waals surface area contributed by atoms with Crippen molar-refractivity contribution < 1.29 is 19.1 Å². The second kappa shape index (κ2) is 9.39. The van der Waals surface area contributed by atoms with Crippen molar-refractivity contribution in [3.8, 4) is 0 Å². The molecule has 2 N–H and O–H groups in total. The van der Waals surface area contributed by atoms with E-state index in [2.05, 4.69) is 10.9 Å². The molecule has 0 atom stereocenters. The highest BCUT2D eigenvalue weighted by Gasteiger charge is 2.28. The monoisotopic (exact) mass is 367 g/mol. The maximum absolute atomic E-state index is 12.4. The normalized spacial score (nSPS) is 14.9. The van der Waals surface area contributed by atoms with Crippen molar-refractivity contribution in [3.63, 3.8) is 0 Å². The predicted molar refractivity (Wildman–Crippen MR) is 92.9 cm³/mol. The molecule has 0 radical (unpaired) electrons. The van der Waals surface area contributed by atoms with E-state index in [0.717, 1.165) is 0 Å². The molecule has 1 aromatic rings. The van der Waals surface area contributed by atoms with Crippen LogP contribution < -0.4 is 10.9 Å². The Kier molecular flexibility index (Phi) is 7.21. The Labute approximate surface area is 151 Å². The number of hydrazine groups is 1. The maximum Gasteiger partial charge on any atom is 0.264 e. The SMILES string of the molecule is CCOCC(=O)NNC(=O)C1CCN(C(=O)c2cccc(Cl)c2)CC1. The number of ether oxygens (including phenoxy) is 1. The van der Waals surface area contributed by atoms with Gasteiger partial charge in [-0.2, -0.15) is 0 Å². The van der Waals surface area contributed by atoms with E-state index in [1.54, 1.807) is 36.1 Å². The largest absolute Gasteiger partial charge is 0.372 e. The van der Waals surface area contributed by atoms with Gasteiger partial charge in [0.05, 0.1) is 0 Å². The van der Waals surface area contributed by atoms with Gasteiger partial charge in [0, 0.05) is 36.2 Å². The van der Waals surface area contributed by atoms with Gasteiger partial charge < -0.3 is 9.64 Å². The minimum atomic E-state index is -0.399. The number of hydrogen-bond acceptors (Lipinski definition) is 4. The van der Waals surface area contributed by atoms with E-state index >= 15 is 0 Å². The van der Waals surface area contributed by atoms with Crippen LogP contribution in [0.4, 0.5) is 0 Å². The topological polar surface area (TPSA) is 87.7 Å². The Balaban J connectivity index is 1.78. The summed E-state index contributed by atoms with van der Waals surface area (Å²) in [5.41, 5.74) is 5.27. The smallest absolute Gasteiger partial charge is 0.264 e. The van der Waals surface area contributed by atoms with Crippen LogP contribution in [0.1, 0.15) is 30.1 Å². The van der Waals surface area contributed by atoms with Crippen molar-refractivity contribution in [2.75, 3.05) is 26.3 Å². The summed E-state index contributed by atoms with van der Waals surface area (Å²) in [7, 11) is 0. The summed E-state index contributed by atoms with van der Waals surface area (Å²) in [6, 6.07) is 6.81. The Hall–Kier alpha value is -2.12. The van der Waals surface area contributed by atoms with Crippen LogP contribution in [0.25, 0.3) is 0 Å². The fourth-order valence-corrected chi connectivity index (χ4v) is 2.80. The van der Waals surface area contributed by atoms with Crippen LogP contribution in [0.5, 0.6) is 0 Å². The first-order valence-corrected chi connectivity index (χ1v) is 8.60. The van der Waals surface area contributed by atoms with Crippen LogP contribution in [0.3, 0.4) is 0 Å². The molecule has 0 unspecified atom stereocenters. The van der Waals surface area contributed by atoms with E-state index < -0.39 is 5.91 Å². The number of nitrogens with one attached hydrogen (secondary N) is 2. The molecule has 25 heavy (non-hydrogen) atoms. The number of hydrogen-bond donors (Lipinski definition) is 2. The predicted octanol–water partition coefficient (Wildman–Crippen LogP) is 1.38. The zero-order valence-electron chi connectivity index (χ0n) is 14.1. The summed E-state index contributed by atoms with van der Waals surface area (Å²) in [4.78, 5) is 37.6. The first-order valence-electron chi connectivity index (χ1n) is 8.22. The van der Waals surface area contributed by atoms with Crippen LogP contribution >= 0.6 is 11.6 Å². The van der Waals surface area contributed by atoms with E-state index in [4.69, 9.17) is 16.3 Å². The average Bonchev–Trinajstić information content (AvgIpc) is 2.64. The summed E-state index contributed by atoms with van der Waals surface area (Å²) in [6.07, 6.45) is 1.08. The van der Waals surface area contributed by atoms with E-state index in [9.17, 15) is 14.4 Å². The van der Waals surface area contributed by atoms with Crippen molar-refractivity contribution in [3.05, 3.63) is 34.9 Å². The lowest BCUT2D eigenvalue weighted by Crippen LogP contribution is -2.49. The molecule has 3 amide bonds. The van der Waals surface area contributed by atoms with E-state index in [-0.39, 0.29) is 24.3 Å². The van der Waals surface area contributed by atoms with Crippen molar-refractivity contribution in [1.82, 2.24) is 15.8 Å². The van der Waals surface area contributed by atoms with Crippen LogP contribution in [0, 0.1) is 5.92 Å².